The number of carboxylic acids is 1. The average molecular weight is 153 g/mol. The van der Waals surface area contributed by atoms with Crippen LogP contribution in [-0.2, 0) is 4.79 Å². The number of fused-ring (bicyclic) bond motifs is 2. The Morgan fingerprint density at radius 2 is 2.36 bits per heavy atom. The van der Waals surface area contributed by atoms with E-state index in [1.54, 1.807) is 0 Å². The highest BCUT2D eigenvalue weighted by molar-refractivity contribution is 5.80. The SMILES string of the molecule is N[C@@]1(C(=O)O)C[C@@H]2C=C[C@H]1C2. The largest absolute Gasteiger partial charge is 0.480 e. The molecule has 0 amide bonds. The van der Waals surface area contributed by atoms with Crippen LogP contribution in [0.3, 0.4) is 0 Å². The molecule has 0 radical (unpaired) electrons. The van der Waals surface area contributed by atoms with E-state index in [4.69, 9.17) is 10.8 Å². The molecule has 3 N–H and O–H groups in total. The van der Waals surface area contributed by atoms with Crippen LogP contribution in [0.4, 0.5) is 0 Å². The predicted molar refractivity (Wildman–Crippen MR) is 39.9 cm³/mol. The smallest absolute Gasteiger partial charge is 0.324 e. The van der Waals surface area contributed by atoms with Crippen molar-refractivity contribution in [2.75, 3.05) is 0 Å². The Balaban J connectivity index is 2.30. The van der Waals surface area contributed by atoms with E-state index >= 15 is 0 Å². The van der Waals surface area contributed by atoms with Crippen LogP contribution < -0.4 is 5.73 Å². The van der Waals surface area contributed by atoms with Crippen molar-refractivity contribution in [1.29, 1.82) is 0 Å². The molecular formula is C8H11NO2. The number of hydrogen-bond acceptors (Lipinski definition) is 2. The fourth-order valence-electron chi connectivity index (χ4n) is 2.14. The van der Waals surface area contributed by atoms with Gasteiger partial charge in [-0.2, -0.15) is 0 Å². The minimum absolute atomic E-state index is 0.0741. The van der Waals surface area contributed by atoms with E-state index in [1.165, 1.54) is 0 Å². The topological polar surface area (TPSA) is 63.3 Å². The summed E-state index contributed by atoms with van der Waals surface area (Å²) in [6, 6.07) is 0. The Morgan fingerprint density at radius 1 is 1.64 bits per heavy atom. The number of rotatable bonds is 1. The van der Waals surface area contributed by atoms with E-state index in [2.05, 4.69) is 6.08 Å². The van der Waals surface area contributed by atoms with Crippen molar-refractivity contribution < 1.29 is 9.90 Å². The summed E-state index contributed by atoms with van der Waals surface area (Å²) in [4.78, 5) is 10.8. The molecule has 2 rings (SSSR count). The minimum Gasteiger partial charge on any atom is -0.480 e. The van der Waals surface area contributed by atoms with E-state index in [0.29, 0.717) is 12.3 Å². The fraction of sp³-hybridized carbons (Fsp3) is 0.625. The molecule has 0 unspecified atom stereocenters. The van der Waals surface area contributed by atoms with Crippen molar-refractivity contribution in [3.63, 3.8) is 0 Å². The number of nitrogens with two attached hydrogens (primary N) is 1. The van der Waals surface area contributed by atoms with Gasteiger partial charge in [0.05, 0.1) is 0 Å². The summed E-state index contributed by atoms with van der Waals surface area (Å²) in [6.45, 7) is 0. The van der Waals surface area contributed by atoms with E-state index in [0.717, 1.165) is 6.42 Å². The van der Waals surface area contributed by atoms with E-state index in [9.17, 15) is 4.79 Å². The van der Waals surface area contributed by atoms with Gasteiger partial charge >= 0.3 is 5.97 Å². The van der Waals surface area contributed by atoms with Gasteiger partial charge in [0.2, 0.25) is 0 Å². The van der Waals surface area contributed by atoms with Crippen LogP contribution in [0.1, 0.15) is 12.8 Å². The molecule has 1 saturated carbocycles. The number of allylic oxidation sites excluding steroid dienone is 1. The van der Waals surface area contributed by atoms with E-state index in [-0.39, 0.29) is 5.92 Å². The monoisotopic (exact) mass is 153 g/mol. The van der Waals surface area contributed by atoms with Gasteiger partial charge in [-0.1, -0.05) is 12.2 Å². The number of carbonyl (C=O) groups is 1. The zero-order chi connectivity index (χ0) is 8.06. The summed E-state index contributed by atoms with van der Waals surface area (Å²) < 4.78 is 0. The lowest BCUT2D eigenvalue weighted by Gasteiger charge is -2.25. The number of aliphatic carboxylic acids is 1. The maximum Gasteiger partial charge on any atom is 0.324 e. The van der Waals surface area contributed by atoms with Crippen molar-refractivity contribution >= 4 is 5.97 Å². The first kappa shape index (κ1) is 6.85. The standard InChI is InChI=1S/C8H11NO2/c9-8(7(10)11)4-5-1-2-6(8)3-5/h1-2,5-6H,3-4,9H2,(H,10,11)/t5-,6+,8+/m1/s1. The Bertz CT molecular complexity index is 236. The molecule has 60 valence electrons. The molecule has 0 aromatic heterocycles. The van der Waals surface area contributed by atoms with E-state index in [1.807, 2.05) is 6.08 Å². The third-order valence-corrected chi connectivity index (χ3v) is 2.83. The zero-order valence-electron chi connectivity index (χ0n) is 6.16. The van der Waals surface area contributed by atoms with Crippen LogP contribution in [0.25, 0.3) is 0 Å². The Kier molecular flexibility index (Phi) is 1.16. The maximum absolute atomic E-state index is 10.8. The molecule has 1 fully saturated rings. The Labute approximate surface area is 64.9 Å². The number of hydrogen-bond donors (Lipinski definition) is 2. The zero-order valence-corrected chi connectivity index (χ0v) is 6.16. The highest BCUT2D eigenvalue weighted by Gasteiger charge is 2.50. The van der Waals surface area contributed by atoms with Crippen molar-refractivity contribution in [3.8, 4) is 0 Å². The molecular weight excluding hydrogens is 142 g/mol. The lowest BCUT2D eigenvalue weighted by atomic mass is 9.86. The molecule has 3 nitrogen and oxygen atoms in total. The molecule has 2 bridgehead atoms. The maximum atomic E-state index is 10.8. The third kappa shape index (κ3) is 0.744. The summed E-state index contributed by atoms with van der Waals surface area (Å²) in [5.41, 5.74) is 4.78. The molecule has 0 spiro atoms. The normalized spacial score (nSPS) is 46.6. The quantitative estimate of drug-likeness (QED) is 0.535. The summed E-state index contributed by atoms with van der Waals surface area (Å²) in [6.07, 6.45) is 5.58. The fourth-order valence-corrected chi connectivity index (χ4v) is 2.14. The van der Waals surface area contributed by atoms with Gasteiger partial charge in [-0.3, -0.25) is 4.79 Å². The van der Waals surface area contributed by atoms with Crippen molar-refractivity contribution in [1.82, 2.24) is 0 Å². The third-order valence-electron chi connectivity index (χ3n) is 2.83. The van der Waals surface area contributed by atoms with E-state index < -0.39 is 11.5 Å². The molecule has 0 aromatic carbocycles. The van der Waals surface area contributed by atoms with Gasteiger partial charge in [-0.05, 0) is 18.8 Å². The molecule has 0 aromatic rings. The van der Waals surface area contributed by atoms with Gasteiger partial charge in [0, 0.05) is 5.92 Å². The molecule has 2 aliphatic carbocycles. The summed E-state index contributed by atoms with van der Waals surface area (Å²) in [7, 11) is 0. The van der Waals surface area contributed by atoms with Gasteiger partial charge in [-0.15, -0.1) is 0 Å². The summed E-state index contributed by atoms with van der Waals surface area (Å²) >= 11 is 0. The minimum atomic E-state index is -0.959. The van der Waals surface area contributed by atoms with Crippen LogP contribution in [0.15, 0.2) is 12.2 Å². The first-order valence-corrected chi connectivity index (χ1v) is 3.83. The molecule has 3 heteroatoms. The molecule has 2 aliphatic rings. The Morgan fingerprint density at radius 3 is 2.64 bits per heavy atom. The molecule has 11 heavy (non-hydrogen) atoms. The predicted octanol–water partition coefficient (Wildman–Crippen LogP) is 0.364. The van der Waals surface area contributed by atoms with Crippen LogP contribution in [0.2, 0.25) is 0 Å². The highest BCUT2D eigenvalue weighted by Crippen LogP contribution is 2.44. The average Bonchev–Trinajstić information content (AvgIpc) is 2.45. The van der Waals surface area contributed by atoms with Crippen LogP contribution in [0, 0.1) is 11.8 Å². The van der Waals surface area contributed by atoms with Crippen LogP contribution in [-0.4, -0.2) is 16.6 Å². The van der Waals surface area contributed by atoms with Gasteiger partial charge < -0.3 is 10.8 Å². The Hall–Kier alpha value is -0.830. The second kappa shape index (κ2) is 1.85. The summed E-state index contributed by atoms with van der Waals surface area (Å²) in [5.74, 6) is -0.361. The van der Waals surface area contributed by atoms with Gasteiger partial charge in [-0.25, -0.2) is 0 Å². The van der Waals surface area contributed by atoms with Crippen molar-refractivity contribution in [3.05, 3.63) is 12.2 Å². The van der Waals surface area contributed by atoms with Crippen LogP contribution >= 0.6 is 0 Å². The van der Waals surface area contributed by atoms with Gasteiger partial charge in [0.1, 0.15) is 5.54 Å². The lowest BCUT2D eigenvalue weighted by molar-refractivity contribution is -0.144. The molecule has 0 saturated heterocycles. The second-order valence-corrected chi connectivity index (χ2v) is 3.54. The first-order valence-electron chi connectivity index (χ1n) is 3.83. The molecule has 0 aliphatic heterocycles. The van der Waals surface area contributed by atoms with Crippen molar-refractivity contribution in [2.45, 2.75) is 18.4 Å². The van der Waals surface area contributed by atoms with Gasteiger partial charge in [0.15, 0.2) is 0 Å². The first-order chi connectivity index (χ1) is 5.13. The van der Waals surface area contributed by atoms with Crippen molar-refractivity contribution in [2.24, 2.45) is 17.6 Å². The van der Waals surface area contributed by atoms with Gasteiger partial charge in [0.25, 0.3) is 0 Å². The summed E-state index contributed by atoms with van der Waals surface area (Å²) in [5, 5.41) is 8.84. The highest BCUT2D eigenvalue weighted by atomic mass is 16.4. The molecule has 3 atom stereocenters. The lowest BCUT2D eigenvalue weighted by Crippen LogP contribution is -2.51. The second-order valence-electron chi connectivity index (χ2n) is 3.54. The van der Waals surface area contributed by atoms with Crippen LogP contribution in [0.5, 0.6) is 0 Å². The molecule has 0 heterocycles. The number of carboxylic acid groups (broad SMARTS) is 1.